The number of aromatic nitrogens is 1. The quantitative estimate of drug-likeness (QED) is 0.475. The zero-order valence-corrected chi connectivity index (χ0v) is 19.5. The average molecular weight is 507 g/mol. The first-order chi connectivity index (χ1) is 17.0. The number of carbonyl (C=O) groups is 2. The van der Waals surface area contributed by atoms with Crippen LogP contribution in [0.3, 0.4) is 0 Å². The van der Waals surface area contributed by atoms with Gasteiger partial charge >= 0.3 is 6.18 Å². The average Bonchev–Trinajstić information content (AvgIpc) is 3.22. The Kier molecular flexibility index (Phi) is 7.62. The topological polar surface area (TPSA) is 115 Å². The van der Waals surface area contributed by atoms with Crippen LogP contribution in [0.5, 0.6) is 0 Å². The molecule has 194 valence electrons. The van der Waals surface area contributed by atoms with Gasteiger partial charge in [-0.3, -0.25) is 19.5 Å². The lowest BCUT2D eigenvalue weighted by molar-refractivity contribution is -0.137. The smallest absolute Gasteiger partial charge is 0.390 e. The molecule has 0 spiro atoms. The summed E-state index contributed by atoms with van der Waals surface area (Å²) in [4.78, 5) is 30.7. The second-order valence-corrected chi connectivity index (χ2v) is 9.46. The van der Waals surface area contributed by atoms with Gasteiger partial charge in [0.2, 0.25) is 5.91 Å². The number of nitrogens with one attached hydrogen (secondary N) is 2. The van der Waals surface area contributed by atoms with Crippen molar-refractivity contribution in [1.29, 1.82) is 0 Å². The van der Waals surface area contributed by atoms with Crippen LogP contribution >= 0.6 is 0 Å². The SMILES string of the molecule is O=C(CNC(=O)c1cccc(C(F)(F)F)c1)N[C@H]1CN(C2CCC(O)(c3ccncc3)CC2)C[C@H]1O. The number of aliphatic hydroxyl groups is 2. The fourth-order valence-corrected chi connectivity index (χ4v) is 5.01. The molecule has 8 nitrogen and oxygen atoms in total. The second kappa shape index (κ2) is 10.5. The van der Waals surface area contributed by atoms with Gasteiger partial charge in [-0.2, -0.15) is 13.2 Å². The maximum atomic E-state index is 12.9. The first-order valence-corrected chi connectivity index (χ1v) is 11.8. The third-order valence-corrected chi connectivity index (χ3v) is 7.04. The summed E-state index contributed by atoms with van der Waals surface area (Å²) in [5.74, 6) is -1.34. The lowest BCUT2D eigenvalue weighted by Crippen LogP contribution is -2.47. The maximum absolute atomic E-state index is 12.9. The van der Waals surface area contributed by atoms with Gasteiger partial charge in [-0.1, -0.05) is 6.07 Å². The van der Waals surface area contributed by atoms with Crippen molar-refractivity contribution in [1.82, 2.24) is 20.5 Å². The van der Waals surface area contributed by atoms with Crippen molar-refractivity contribution in [2.45, 2.75) is 55.6 Å². The van der Waals surface area contributed by atoms with E-state index in [0.29, 0.717) is 25.9 Å². The normalized spacial score (nSPS) is 27.0. The van der Waals surface area contributed by atoms with Gasteiger partial charge in [-0.15, -0.1) is 0 Å². The molecule has 0 radical (unpaired) electrons. The molecule has 11 heteroatoms. The molecule has 1 aliphatic carbocycles. The third-order valence-electron chi connectivity index (χ3n) is 7.04. The Morgan fingerprint density at radius 2 is 1.81 bits per heavy atom. The molecule has 2 amide bonds. The number of β-amino-alcohol motifs (C(OH)–C–C–N with tert-alkyl or cyclic N) is 1. The first kappa shape index (κ1) is 26.1. The summed E-state index contributed by atoms with van der Waals surface area (Å²) in [6, 6.07) is 7.21. The summed E-state index contributed by atoms with van der Waals surface area (Å²) in [6.07, 6.45) is 0.568. The van der Waals surface area contributed by atoms with E-state index >= 15 is 0 Å². The number of alkyl halides is 3. The number of amides is 2. The highest BCUT2D eigenvalue weighted by Gasteiger charge is 2.41. The summed E-state index contributed by atoms with van der Waals surface area (Å²) < 4.78 is 38.6. The van der Waals surface area contributed by atoms with E-state index in [1.54, 1.807) is 12.4 Å². The largest absolute Gasteiger partial charge is 0.416 e. The molecule has 2 atom stereocenters. The number of pyridine rings is 1. The molecule has 2 aliphatic rings. The van der Waals surface area contributed by atoms with Crippen LogP contribution < -0.4 is 10.6 Å². The summed E-state index contributed by atoms with van der Waals surface area (Å²) >= 11 is 0. The van der Waals surface area contributed by atoms with Gasteiger partial charge in [-0.25, -0.2) is 0 Å². The van der Waals surface area contributed by atoms with Crippen LogP contribution in [-0.4, -0.2) is 69.7 Å². The van der Waals surface area contributed by atoms with Crippen LogP contribution in [-0.2, 0) is 16.6 Å². The summed E-state index contributed by atoms with van der Waals surface area (Å²) in [5, 5.41) is 26.5. The molecule has 4 N–H and O–H groups in total. The van der Waals surface area contributed by atoms with E-state index in [1.807, 2.05) is 12.1 Å². The highest BCUT2D eigenvalue weighted by molar-refractivity contribution is 5.96. The number of hydrogen-bond donors (Lipinski definition) is 4. The lowest BCUT2D eigenvalue weighted by Gasteiger charge is -2.39. The number of rotatable bonds is 6. The van der Waals surface area contributed by atoms with Crippen LogP contribution in [0.2, 0.25) is 0 Å². The van der Waals surface area contributed by atoms with E-state index in [1.165, 1.54) is 6.07 Å². The predicted molar refractivity (Wildman–Crippen MR) is 124 cm³/mol. The highest BCUT2D eigenvalue weighted by atomic mass is 19.4. The third kappa shape index (κ3) is 6.03. The Morgan fingerprint density at radius 3 is 2.47 bits per heavy atom. The van der Waals surface area contributed by atoms with Gasteiger partial charge in [-0.05, 0) is 61.6 Å². The molecular weight excluding hydrogens is 477 g/mol. The number of likely N-dealkylation sites (tertiary alicyclic amines) is 1. The van der Waals surface area contributed by atoms with Gasteiger partial charge in [0.25, 0.3) is 5.91 Å². The van der Waals surface area contributed by atoms with E-state index in [2.05, 4.69) is 20.5 Å². The monoisotopic (exact) mass is 506 g/mol. The zero-order chi connectivity index (χ0) is 25.9. The van der Waals surface area contributed by atoms with Gasteiger partial charge in [0.1, 0.15) is 0 Å². The zero-order valence-electron chi connectivity index (χ0n) is 19.5. The van der Waals surface area contributed by atoms with Gasteiger partial charge in [0.15, 0.2) is 0 Å². The van der Waals surface area contributed by atoms with Crippen molar-refractivity contribution in [2.75, 3.05) is 19.6 Å². The van der Waals surface area contributed by atoms with E-state index in [-0.39, 0.29) is 11.6 Å². The maximum Gasteiger partial charge on any atom is 0.416 e. The minimum Gasteiger partial charge on any atom is -0.390 e. The van der Waals surface area contributed by atoms with Gasteiger partial charge in [0, 0.05) is 37.1 Å². The van der Waals surface area contributed by atoms with Crippen molar-refractivity contribution in [3.8, 4) is 0 Å². The van der Waals surface area contributed by atoms with Crippen molar-refractivity contribution < 1.29 is 33.0 Å². The lowest BCUT2D eigenvalue weighted by atomic mass is 9.77. The van der Waals surface area contributed by atoms with E-state index < -0.39 is 47.8 Å². The summed E-state index contributed by atoms with van der Waals surface area (Å²) in [7, 11) is 0. The molecule has 4 rings (SSSR count). The molecule has 1 saturated carbocycles. The van der Waals surface area contributed by atoms with E-state index in [9.17, 15) is 33.0 Å². The molecule has 36 heavy (non-hydrogen) atoms. The number of nitrogens with zero attached hydrogens (tertiary/aromatic N) is 2. The van der Waals surface area contributed by atoms with Crippen molar-refractivity contribution >= 4 is 11.8 Å². The molecule has 1 saturated heterocycles. The molecule has 1 aliphatic heterocycles. The van der Waals surface area contributed by atoms with Crippen LogP contribution in [0.4, 0.5) is 13.2 Å². The number of halogens is 3. The highest BCUT2D eigenvalue weighted by Crippen LogP contribution is 2.39. The number of aliphatic hydroxyl groups excluding tert-OH is 1. The Morgan fingerprint density at radius 1 is 1.11 bits per heavy atom. The molecule has 2 heterocycles. The van der Waals surface area contributed by atoms with E-state index in [4.69, 9.17) is 0 Å². The molecule has 2 aromatic rings. The molecular formula is C25H29F3N4O4. The Labute approximate surface area is 206 Å². The van der Waals surface area contributed by atoms with Gasteiger partial charge in [0.05, 0.1) is 29.9 Å². The first-order valence-electron chi connectivity index (χ1n) is 11.8. The van der Waals surface area contributed by atoms with Crippen LogP contribution in [0, 0.1) is 0 Å². The second-order valence-electron chi connectivity index (χ2n) is 9.46. The Hall–Kier alpha value is -3.02. The molecule has 1 aromatic heterocycles. The van der Waals surface area contributed by atoms with Crippen LogP contribution in [0.25, 0.3) is 0 Å². The minimum absolute atomic E-state index is 0.157. The van der Waals surface area contributed by atoms with Gasteiger partial charge < -0.3 is 20.8 Å². The summed E-state index contributed by atoms with van der Waals surface area (Å²) in [5.41, 5.74) is -1.21. The molecule has 2 fully saturated rings. The minimum atomic E-state index is -4.58. The predicted octanol–water partition coefficient (Wildman–Crippen LogP) is 1.82. The van der Waals surface area contributed by atoms with E-state index in [0.717, 1.165) is 36.6 Å². The van der Waals surface area contributed by atoms with Crippen LogP contribution in [0.15, 0.2) is 48.8 Å². The molecule has 0 unspecified atom stereocenters. The fraction of sp³-hybridized carbons (Fsp3) is 0.480. The van der Waals surface area contributed by atoms with Crippen molar-refractivity contribution in [2.24, 2.45) is 0 Å². The Balaban J connectivity index is 1.25. The number of benzene rings is 1. The molecule has 0 bridgehead atoms. The molecule has 1 aromatic carbocycles. The number of carbonyl (C=O) groups excluding carboxylic acids is 2. The van der Waals surface area contributed by atoms with Crippen molar-refractivity contribution in [3.63, 3.8) is 0 Å². The standard InChI is InChI=1S/C25H29F3N4O4/c26-25(27,28)18-3-1-2-16(12-18)23(35)30-13-22(34)31-20-14-32(15-21(20)33)19-4-8-24(36,9-5-19)17-6-10-29-11-7-17/h1-3,6-7,10-12,19-21,33,36H,4-5,8-9,13-15H2,(H,30,35)(H,31,34)/t19?,20-,21+,24?/m0/s1. The van der Waals surface area contributed by atoms with Crippen molar-refractivity contribution in [3.05, 3.63) is 65.5 Å². The Bertz CT molecular complexity index is 1070. The fourth-order valence-electron chi connectivity index (χ4n) is 5.01. The van der Waals surface area contributed by atoms with Crippen LogP contribution in [0.1, 0.15) is 47.2 Å². The number of hydrogen-bond acceptors (Lipinski definition) is 6. The summed E-state index contributed by atoms with van der Waals surface area (Å²) in [6.45, 7) is 0.368.